The Kier molecular flexibility index (Phi) is 5.12. The molecule has 33 heavy (non-hydrogen) atoms. The maximum absolute atomic E-state index is 13.6. The molecule has 4 aromatic rings. The van der Waals surface area contributed by atoms with E-state index in [1.54, 1.807) is 12.1 Å². The second-order valence-electron chi connectivity index (χ2n) is 8.25. The van der Waals surface area contributed by atoms with E-state index in [1.807, 2.05) is 109 Å². The molecule has 0 unspecified atom stereocenters. The van der Waals surface area contributed by atoms with Gasteiger partial charge in [0.1, 0.15) is 11.5 Å². The number of carbonyl (C=O) groups excluding carboxylic acids is 1. The van der Waals surface area contributed by atoms with Crippen LogP contribution in [0.5, 0.6) is 11.5 Å². The van der Waals surface area contributed by atoms with Crippen LogP contribution in [0.15, 0.2) is 109 Å². The lowest BCUT2D eigenvalue weighted by Gasteiger charge is -2.55. The van der Waals surface area contributed by atoms with Crippen molar-refractivity contribution in [1.82, 2.24) is 0 Å². The van der Waals surface area contributed by atoms with Gasteiger partial charge in [0.25, 0.3) is 0 Å². The van der Waals surface area contributed by atoms with Crippen LogP contribution in [0, 0.1) is 5.39 Å². The van der Waals surface area contributed by atoms with Gasteiger partial charge in [-0.15, -0.1) is 0 Å². The van der Waals surface area contributed by atoms with E-state index in [1.165, 1.54) is 0 Å². The Balaban J connectivity index is 1.58. The molecule has 160 valence electrons. The summed E-state index contributed by atoms with van der Waals surface area (Å²) in [6.07, 6.45) is 0. The molecule has 0 saturated carbocycles. The van der Waals surface area contributed by atoms with Gasteiger partial charge >= 0.3 is 5.69 Å². The Bertz CT molecular complexity index is 1330. The lowest BCUT2D eigenvalue weighted by molar-refractivity contribution is -0.132. The normalized spacial score (nSPS) is 19.5. The maximum atomic E-state index is 13.6. The van der Waals surface area contributed by atoms with Crippen LogP contribution in [0.25, 0.3) is 4.98 Å². The topological polar surface area (TPSA) is 57.7 Å². The number of amides is 1. The first-order chi connectivity index (χ1) is 16.1. The highest BCUT2D eigenvalue weighted by molar-refractivity contribution is 6.10. The van der Waals surface area contributed by atoms with E-state index in [0.29, 0.717) is 11.4 Å². The van der Waals surface area contributed by atoms with Crippen LogP contribution in [0.2, 0.25) is 0 Å². The molecule has 1 amide bonds. The predicted octanol–water partition coefficient (Wildman–Crippen LogP) is 7.01. The molecule has 5 heteroatoms. The van der Waals surface area contributed by atoms with Crippen LogP contribution in [0.1, 0.15) is 24.1 Å². The zero-order valence-corrected chi connectivity index (χ0v) is 18.1. The Labute approximate surface area is 192 Å². The third-order valence-corrected chi connectivity index (χ3v) is 6.24. The lowest BCUT2D eigenvalue weighted by Crippen LogP contribution is -2.65. The first kappa shape index (κ1) is 20.5. The number of anilines is 1. The van der Waals surface area contributed by atoms with Crippen molar-refractivity contribution in [2.45, 2.75) is 18.4 Å². The van der Waals surface area contributed by atoms with Crippen molar-refractivity contribution in [2.75, 3.05) is 4.90 Å². The second-order valence-corrected chi connectivity index (χ2v) is 8.25. The molecule has 0 bridgehead atoms. The van der Waals surface area contributed by atoms with Gasteiger partial charge in [0.05, 0.1) is 11.5 Å². The third-order valence-electron chi connectivity index (χ3n) is 6.24. The molecule has 1 heterocycles. The van der Waals surface area contributed by atoms with E-state index in [4.69, 9.17) is 10.1 Å². The Morgan fingerprint density at radius 1 is 0.818 bits per heavy atom. The minimum Gasteiger partial charge on any atom is -0.457 e. The molecule has 5 nitrogen and oxygen atoms in total. The van der Waals surface area contributed by atoms with Crippen molar-refractivity contribution in [3.05, 3.63) is 125 Å². The lowest BCUT2D eigenvalue weighted by atomic mass is 9.64. The van der Waals surface area contributed by atoms with Gasteiger partial charge in [-0.05, 0) is 66.6 Å². The standard InChI is InChI=1S/C28H22N3O2/c1-28(21-15-17-22(30-29)18-16-21)26(31(27(28)32)23-10-4-2-5-11-23)20-9-8-14-25(19-20)33-24-12-6-3-7-13-24/h2-19,26H,1H3/q+1/t26-,28-/m1/s1. The van der Waals surface area contributed by atoms with E-state index in [0.717, 1.165) is 22.6 Å². The molecule has 0 aromatic heterocycles. The number of rotatable bonds is 5. The highest BCUT2D eigenvalue weighted by Gasteiger charge is 2.59. The highest BCUT2D eigenvalue weighted by Crippen LogP contribution is 2.54. The number of nitrogens with zero attached hydrogens (tertiary/aromatic N) is 3. The fourth-order valence-corrected chi connectivity index (χ4v) is 4.54. The molecule has 5 rings (SSSR count). The number of hydrogen-bond acceptors (Lipinski definition) is 3. The van der Waals surface area contributed by atoms with E-state index in [9.17, 15) is 4.79 Å². The van der Waals surface area contributed by atoms with Gasteiger partial charge in [0.15, 0.2) is 4.98 Å². The van der Waals surface area contributed by atoms with Gasteiger partial charge in [-0.25, -0.2) is 0 Å². The summed E-state index contributed by atoms with van der Waals surface area (Å²) in [6, 6.07) is 34.1. The van der Waals surface area contributed by atoms with E-state index in [2.05, 4.69) is 4.98 Å². The van der Waals surface area contributed by atoms with Gasteiger partial charge in [0, 0.05) is 17.8 Å². The van der Waals surface area contributed by atoms with Gasteiger partial charge in [-0.3, -0.25) is 4.79 Å². The van der Waals surface area contributed by atoms with Crippen LogP contribution in [-0.4, -0.2) is 5.91 Å². The van der Waals surface area contributed by atoms with Crippen molar-refractivity contribution in [1.29, 1.82) is 5.39 Å². The minimum atomic E-state index is -0.783. The first-order valence-corrected chi connectivity index (χ1v) is 10.8. The summed E-state index contributed by atoms with van der Waals surface area (Å²) in [5.74, 6) is 1.48. The van der Waals surface area contributed by atoms with E-state index < -0.39 is 5.41 Å². The van der Waals surface area contributed by atoms with Crippen molar-refractivity contribution in [3.8, 4) is 11.5 Å². The minimum absolute atomic E-state index is 0.0155. The smallest absolute Gasteiger partial charge is 0.385 e. The van der Waals surface area contributed by atoms with Crippen LogP contribution >= 0.6 is 0 Å². The van der Waals surface area contributed by atoms with E-state index >= 15 is 0 Å². The summed E-state index contributed by atoms with van der Waals surface area (Å²) in [5.41, 5.74) is 2.36. The van der Waals surface area contributed by atoms with Crippen LogP contribution in [0.3, 0.4) is 0 Å². The number of benzene rings is 4. The molecule has 1 aliphatic rings. The zero-order chi connectivity index (χ0) is 22.8. The van der Waals surface area contributed by atoms with Gasteiger partial charge in [0.2, 0.25) is 11.3 Å². The average molecular weight is 433 g/mol. The quantitative estimate of drug-likeness (QED) is 0.252. The summed E-state index contributed by atoms with van der Waals surface area (Å²) >= 11 is 0. The summed E-state index contributed by atoms with van der Waals surface area (Å²) in [5, 5.41) is 9.06. The molecular formula is C28H22N3O2+. The Hall–Kier alpha value is -4.43. The summed E-state index contributed by atoms with van der Waals surface area (Å²) in [7, 11) is 0. The number of hydrogen-bond donors (Lipinski definition) is 0. The predicted molar refractivity (Wildman–Crippen MR) is 128 cm³/mol. The van der Waals surface area contributed by atoms with Crippen molar-refractivity contribution < 1.29 is 9.53 Å². The second kappa shape index (κ2) is 8.25. The Morgan fingerprint density at radius 3 is 2.12 bits per heavy atom. The fraction of sp³-hybridized carbons (Fsp3) is 0.107. The molecular weight excluding hydrogens is 410 g/mol. The first-order valence-electron chi connectivity index (χ1n) is 10.8. The summed E-state index contributed by atoms with van der Waals surface area (Å²) in [4.78, 5) is 18.7. The molecule has 4 aromatic carbocycles. The number of carbonyl (C=O) groups is 1. The number of para-hydroxylation sites is 2. The number of ether oxygens (including phenoxy) is 1. The van der Waals surface area contributed by atoms with Gasteiger partial charge in [-0.2, -0.15) is 0 Å². The molecule has 0 N–H and O–H groups in total. The van der Waals surface area contributed by atoms with Crippen molar-refractivity contribution in [2.24, 2.45) is 0 Å². The molecule has 1 fully saturated rings. The molecule has 1 aliphatic heterocycles. The Morgan fingerprint density at radius 2 is 1.45 bits per heavy atom. The number of β-lactam (4-membered cyclic amide) rings is 1. The zero-order valence-electron chi connectivity index (χ0n) is 18.1. The van der Waals surface area contributed by atoms with Crippen LogP contribution in [-0.2, 0) is 10.2 Å². The molecule has 2 atom stereocenters. The molecule has 0 aliphatic carbocycles. The number of diazo groups is 1. The van der Waals surface area contributed by atoms with Crippen molar-refractivity contribution >= 4 is 17.3 Å². The molecule has 1 saturated heterocycles. The monoisotopic (exact) mass is 432 g/mol. The largest absolute Gasteiger partial charge is 0.457 e. The SMILES string of the molecule is C[C@]1(c2ccc([N+]#N)cc2)C(=O)N(c2ccccc2)[C@@H]1c1cccc(Oc2ccccc2)c1. The van der Waals surface area contributed by atoms with Crippen molar-refractivity contribution in [3.63, 3.8) is 0 Å². The van der Waals surface area contributed by atoms with E-state index in [-0.39, 0.29) is 11.9 Å². The fourth-order valence-electron chi connectivity index (χ4n) is 4.54. The van der Waals surface area contributed by atoms with Gasteiger partial charge < -0.3 is 9.64 Å². The third kappa shape index (κ3) is 3.52. The molecule has 0 spiro atoms. The summed E-state index contributed by atoms with van der Waals surface area (Å²) < 4.78 is 6.07. The highest BCUT2D eigenvalue weighted by atomic mass is 16.5. The molecule has 0 radical (unpaired) electrons. The van der Waals surface area contributed by atoms with Crippen LogP contribution < -0.4 is 9.64 Å². The van der Waals surface area contributed by atoms with Gasteiger partial charge in [-0.1, -0.05) is 48.5 Å². The summed E-state index contributed by atoms with van der Waals surface area (Å²) in [6.45, 7) is 1.97. The maximum Gasteiger partial charge on any atom is 0.385 e. The average Bonchev–Trinajstić information content (AvgIpc) is 2.87. The van der Waals surface area contributed by atoms with Crippen LogP contribution in [0.4, 0.5) is 11.4 Å².